The second-order valence-electron chi connectivity index (χ2n) is 6.81. The predicted molar refractivity (Wildman–Crippen MR) is 107 cm³/mol. The molecule has 2 aromatic rings. The molecule has 0 saturated carbocycles. The van der Waals surface area contributed by atoms with Crippen LogP contribution in [0.2, 0.25) is 0 Å². The lowest BCUT2D eigenvalue weighted by atomic mass is 10.0. The Morgan fingerprint density at radius 1 is 0.964 bits per heavy atom. The molecule has 0 spiro atoms. The number of methoxy groups -OCH3 is 1. The fourth-order valence-corrected chi connectivity index (χ4v) is 1.98. The van der Waals surface area contributed by atoms with E-state index in [1.54, 1.807) is 31.4 Å². The molecule has 6 heteroatoms. The first-order valence-corrected chi connectivity index (χ1v) is 8.60. The molecule has 28 heavy (non-hydrogen) atoms. The number of nitrogens with zero attached hydrogens (tertiary/aromatic N) is 1. The van der Waals surface area contributed by atoms with Crippen LogP contribution in [0.1, 0.15) is 15.9 Å². The number of esters is 1. The van der Waals surface area contributed by atoms with E-state index in [9.17, 15) is 9.59 Å². The van der Waals surface area contributed by atoms with Crippen molar-refractivity contribution in [2.45, 2.75) is 0 Å². The summed E-state index contributed by atoms with van der Waals surface area (Å²) in [4.78, 5) is 22.6. The molecule has 0 aliphatic rings. The first-order chi connectivity index (χ1) is 12.8. The van der Waals surface area contributed by atoms with Crippen molar-refractivity contribution >= 4 is 11.8 Å². The molecular weight excluding hydrogens is 422 g/mol. The molecule has 0 fully saturated rings. The van der Waals surface area contributed by atoms with Gasteiger partial charge in [-0.15, -0.1) is 0 Å². The largest absolute Gasteiger partial charge is 1.00 e. The molecule has 0 saturated heterocycles. The minimum atomic E-state index is -0.349. The van der Waals surface area contributed by atoms with Crippen LogP contribution in [0.25, 0.3) is 0 Å². The van der Waals surface area contributed by atoms with Crippen LogP contribution in [0.5, 0.6) is 5.75 Å². The van der Waals surface area contributed by atoms with Crippen LogP contribution in [-0.4, -0.2) is 57.6 Å². The van der Waals surface area contributed by atoms with Crippen molar-refractivity contribution in [3.05, 3.63) is 78.4 Å². The number of carbonyl (C=O) groups excluding carboxylic acids is 2. The van der Waals surface area contributed by atoms with Crippen LogP contribution in [0, 0.1) is 0 Å². The summed E-state index contributed by atoms with van der Waals surface area (Å²) in [5, 5.41) is 0. The van der Waals surface area contributed by atoms with Crippen molar-refractivity contribution in [1.29, 1.82) is 0 Å². The zero-order valence-corrected chi connectivity index (χ0v) is 18.4. The van der Waals surface area contributed by atoms with E-state index in [0.717, 1.165) is 16.8 Å². The second kappa shape index (κ2) is 12.9. The van der Waals surface area contributed by atoms with Crippen molar-refractivity contribution < 1.29 is 40.5 Å². The molecule has 152 valence electrons. The third kappa shape index (κ3) is 10.0. The lowest BCUT2D eigenvalue weighted by Crippen LogP contribution is -3.00. The van der Waals surface area contributed by atoms with Gasteiger partial charge in [-0.3, -0.25) is 4.79 Å². The monoisotopic (exact) mass is 449 g/mol. The number of rotatable bonds is 7. The number of likely N-dealkylation sites (N-methyl/N-ethyl adjacent to an activating group) is 1. The lowest BCUT2D eigenvalue weighted by Gasteiger charge is -2.23. The Morgan fingerprint density at radius 2 is 1.50 bits per heavy atom. The fourth-order valence-electron chi connectivity index (χ4n) is 1.98. The number of quaternary nitrogens is 1. The number of benzene rings is 2. The smallest absolute Gasteiger partial charge is 0.330 e. The number of carbonyl (C=O) groups is 2. The number of ketones is 1. The van der Waals surface area contributed by atoms with Crippen molar-refractivity contribution in [3.8, 4) is 5.75 Å². The fraction of sp³-hybridized carbons (Fsp3) is 0.273. The minimum Gasteiger partial charge on any atom is -1.00 e. The number of hydrogen-bond acceptors (Lipinski definition) is 4. The molecule has 0 unspecified atom stereocenters. The molecule has 0 aliphatic heterocycles. The molecule has 0 amide bonds. The normalized spacial score (nSPS) is 9.86. The molecule has 0 radical (unpaired) electrons. The van der Waals surface area contributed by atoms with E-state index in [0.29, 0.717) is 17.7 Å². The van der Waals surface area contributed by atoms with Gasteiger partial charge in [-0.05, 0) is 24.3 Å². The van der Waals surface area contributed by atoms with E-state index in [4.69, 9.17) is 9.47 Å². The highest BCUT2D eigenvalue weighted by Crippen LogP contribution is 2.14. The average Bonchev–Trinajstić information content (AvgIpc) is 2.67. The summed E-state index contributed by atoms with van der Waals surface area (Å²) in [7, 11) is 7.74. The maximum absolute atomic E-state index is 12.0. The van der Waals surface area contributed by atoms with Crippen molar-refractivity contribution in [1.82, 2.24) is 0 Å². The number of ether oxygens (including phenoxy) is 2. The van der Waals surface area contributed by atoms with E-state index in [-0.39, 0.29) is 28.7 Å². The van der Waals surface area contributed by atoms with Gasteiger partial charge in [-0.2, -0.15) is 0 Å². The van der Waals surface area contributed by atoms with Gasteiger partial charge < -0.3 is 30.9 Å². The van der Waals surface area contributed by atoms with Crippen molar-refractivity contribution in [2.75, 3.05) is 41.4 Å². The zero-order chi connectivity index (χ0) is 20.3. The highest BCUT2D eigenvalue weighted by molar-refractivity contribution is 6.08. The highest BCUT2D eigenvalue weighted by atomic mass is 79.9. The van der Waals surface area contributed by atoms with E-state index < -0.39 is 0 Å². The maximum Gasteiger partial charge on any atom is 0.330 e. The van der Waals surface area contributed by atoms with Crippen molar-refractivity contribution in [2.24, 2.45) is 0 Å². The van der Waals surface area contributed by atoms with Crippen LogP contribution in [0.3, 0.4) is 0 Å². The molecule has 0 heterocycles. The predicted octanol–water partition coefficient (Wildman–Crippen LogP) is 0.352. The standard InChI is InChI=1S/C14H12O2.C8H16NO2.BrH/c1-16-13-9-7-12(8-10-13)14(15)11-5-3-2-4-6-11;1-5-8(10)11-7-6-9(2,3)4;/h2-10H,1H3;5H,1,6-7H2,2-4H3;1H/q;+1;/p-1. The molecule has 2 aromatic carbocycles. The van der Waals surface area contributed by atoms with Gasteiger partial charge in [-0.25, -0.2) is 4.79 Å². The molecule has 5 nitrogen and oxygen atoms in total. The molecule has 0 bridgehead atoms. The lowest BCUT2D eigenvalue weighted by molar-refractivity contribution is -0.870. The van der Waals surface area contributed by atoms with Gasteiger partial charge in [0.05, 0.1) is 28.3 Å². The summed E-state index contributed by atoms with van der Waals surface area (Å²) >= 11 is 0. The van der Waals surface area contributed by atoms with Gasteiger partial charge in [0, 0.05) is 17.2 Å². The van der Waals surface area contributed by atoms with Crippen LogP contribution in [0.4, 0.5) is 0 Å². The molecule has 0 N–H and O–H groups in total. The van der Waals surface area contributed by atoms with Gasteiger partial charge in [0.25, 0.3) is 0 Å². The molecule has 0 aromatic heterocycles. The van der Waals surface area contributed by atoms with Crippen molar-refractivity contribution in [3.63, 3.8) is 0 Å². The van der Waals surface area contributed by atoms with Gasteiger partial charge in [0.1, 0.15) is 18.9 Å². The summed E-state index contributed by atoms with van der Waals surface area (Å²) in [6.07, 6.45) is 1.18. The van der Waals surface area contributed by atoms with Crippen LogP contribution in [-0.2, 0) is 9.53 Å². The zero-order valence-electron chi connectivity index (χ0n) is 16.9. The first kappa shape index (κ1) is 25.6. The average molecular weight is 450 g/mol. The van der Waals surface area contributed by atoms with Gasteiger partial charge in [0.2, 0.25) is 0 Å². The third-order valence-corrected chi connectivity index (χ3v) is 3.56. The Bertz CT molecular complexity index is 737. The number of hydrogen-bond donors (Lipinski definition) is 0. The van der Waals surface area contributed by atoms with Gasteiger partial charge >= 0.3 is 5.97 Å². The van der Waals surface area contributed by atoms with Crippen LogP contribution in [0.15, 0.2) is 67.3 Å². The van der Waals surface area contributed by atoms with Gasteiger partial charge in [0.15, 0.2) is 5.78 Å². The van der Waals surface area contributed by atoms with E-state index >= 15 is 0 Å². The quantitative estimate of drug-likeness (QED) is 0.265. The Labute approximate surface area is 177 Å². The van der Waals surface area contributed by atoms with E-state index in [2.05, 4.69) is 6.58 Å². The first-order valence-electron chi connectivity index (χ1n) is 8.60. The Morgan fingerprint density at radius 3 is 1.96 bits per heavy atom. The minimum absolute atomic E-state index is 0. The highest BCUT2D eigenvalue weighted by Gasteiger charge is 2.08. The summed E-state index contributed by atoms with van der Waals surface area (Å²) in [6, 6.07) is 16.4. The summed E-state index contributed by atoms with van der Waals surface area (Å²) in [6.45, 7) is 4.57. The Kier molecular flexibility index (Phi) is 11.7. The Hall–Kier alpha value is -2.44. The topological polar surface area (TPSA) is 52.6 Å². The second-order valence-corrected chi connectivity index (χ2v) is 6.81. The SMILES string of the molecule is C=CC(=O)OCC[N+](C)(C)C.COc1ccc(C(=O)c2ccccc2)cc1.[Br-]. The summed E-state index contributed by atoms with van der Waals surface area (Å²) in [5.74, 6) is 0.436. The van der Waals surface area contributed by atoms with E-state index in [1.807, 2.05) is 51.5 Å². The van der Waals surface area contributed by atoms with Crippen LogP contribution >= 0.6 is 0 Å². The molecular formula is C22H28BrNO4. The molecule has 2 rings (SSSR count). The van der Waals surface area contributed by atoms with Crippen LogP contribution < -0.4 is 21.7 Å². The summed E-state index contributed by atoms with van der Waals surface area (Å²) < 4.78 is 10.6. The van der Waals surface area contributed by atoms with Gasteiger partial charge in [-0.1, -0.05) is 36.9 Å². The molecule has 0 atom stereocenters. The Balaban J connectivity index is 0.000000541. The summed E-state index contributed by atoms with van der Waals surface area (Å²) in [5.41, 5.74) is 1.37. The molecule has 0 aliphatic carbocycles. The third-order valence-electron chi connectivity index (χ3n) is 3.56. The van der Waals surface area contributed by atoms with E-state index in [1.165, 1.54) is 6.08 Å². The maximum atomic E-state index is 12.0. The number of halogens is 1.